The molecule has 4 aromatic rings. The predicted molar refractivity (Wildman–Crippen MR) is 116 cm³/mol. The van der Waals surface area contributed by atoms with Gasteiger partial charge in [0.25, 0.3) is 5.91 Å². The highest BCUT2D eigenvalue weighted by atomic mass is 19.1. The van der Waals surface area contributed by atoms with E-state index < -0.39 is 5.91 Å². The van der Waals surface area contributed by atoms with Crippen LogP contribution in [-0.4, -0.2) is 20.7 Å². The zero-order valence-electron chi connectivity index (χ0n) is 17.1. The molecule has 8 heteroatoms. The van der Waals surface area contributed by atoms with Crippen LogP contribution in [0.4, 0.5) is 10.1 Å². The molecule has 1 heterocycles. The first-order valence-corrected chi connectivity index (χ1v) is 9.75. The zero-order chi connectivity index (χ0) is 22.5. The van der Waals surface area contributed by atoms with Gasteiger partial charge in [0.1, 0.15) is 24.0 Å². The highest BCUT2D eigenvalue weighted by Crippen LogP contribution is 2.20. The zero-order valence-corrected chi connectivity index (χ0v) is 17.1. The predicted octanol–water partition coefficient (Wildman–Crippen LogP) is 4.42. The summed E-state index contributed by atoms with van der Waals surface area (Å²) < 4.78 is 20.4. The van der Waals surface area contributed by atoms with Gasteiger partial charge in [0.15, 0.2) is 0 Å². The third-order valence-corrected chi connectivity index (χ3v) is 4.60. The molecule has 0 fully saturated rings. The Labute approximate surface area is 183 Å². The minimum atomic E-state index is -0.479. The number of aryl methyl sites for hydroxylation is 1. The van der Waals surface area contributed by atoms with E-state index in [1.165, 1.54) is 16.8 Å². The minimum absolute atomic E-state index is 0.00790. The maximum atomic E-state index is 13.2. The topological polar surface area (TPSA) is 92.8 Å². The van der Waals surface area contributed by atoms with Gasteiger partial charge in [-0.1, -0.05) is 18.2 Å². The number of nitrogens with one attached hydrogen (secondary N) is 1. The number of hydrogen-bond donors (Lipinski definition) is 1. The SMILES string of the molecule is Cc1nc(C(=O)Nc2cccc(OCc3cccc(C#N)c3)c2)nn1-c1ccc(F)cc1. The molecular weight excluding hydrogens is 409 g/mol. The Kier molecular flexibility index (Phi) is 5.90. The van der Waals surface area contributed by atoms with Crippen LogP contribution in [0, 0.1) is 24.1 Å². The number of nitrogens with zero attached hydrogens (tertiary/aromatic N) is 4. The fourth-order valence-electron chi connectivity index (χ4n) is 3.06. The Hall–Kier alpha value is -4.51. The summed E-state index contributed by atoms with van der Waals surface area (Å²) in [7, 11) is 0. The summed E-state index contributed by atoms with van der Waals surface area (Å²) in [5.41, 5.74) is 2.56. The second kappa shape index (κ2) is 9.10. The number of carbonyl (C=O) groups excluding carboxylic acids is 1. The Morgan fingerprint density at radius 2 is 1.91 bits per heavy atom. The van der Waals surface area contributed by atoms with Gasteiger partial charge in [-0.25, -0.2) is 14.1 Å². The molecule has 0 saturated carbocycles. The van der Waals surface area contributed by atoms with Crippen LogP contribution in [0.1, 0.15) is 27.6 Å². The lowest BCUT2D eigenvalue weighted by atomic mass is 10.1. The fourth-order valence-corrected chi connectivity index (χ4v) is 3.06. The Bertz CT molecular complexity index is 1310. The number of benzene rings is 3. The van der Waals surface area contributed by atoms with Crippen molar-refractivity contribution in [2.45, 2.75) is 13.5 Å². The summed E-state index contributed by atoms with van der Waals surface area (Å²) in [6.45, 7) is 2.00. The molecule has 3 aromatic carbocycles. The van der Waals surface area contributed by atoms with Gasteiger partial charge in [0.2, 0.25) is 5.82 Å². The number of nitriles is 1. The van der Waals surface area contributed by atoms with Crippen LogP contribution in [0.3, 0.4) is 0 Å². The lowest BCUT2D eigenvalue weighted by Gasteiger charge is -2.09. The van der Waals surface area contributed by atoms with Crippen LogP contribution in [0.25, 0.3) is 5.69 Å². The van der Waals surface area contributed by atoms with Gasteiger partial charge in [-0.15, -0.1) is 5.10 Å². The van der Waals surface area contributed by atoms with Crippen LogP contribution in [0.2, 0.25) is 0 Å². The Morgan fingerprint density at radius 1 is 1.12 bits per heavy atom. The largest absolute Gasteiger partial charge is 0.489 e. The van der Waals surface area contributed by atoms with E-state index in [0.29, 0.717) is 28.5 Å². The van der Waals surface area contributed by atoms with Crippen molar-refractivity contribution in [2.24, 2.45) is 0 Å². The summed E-state index contributed by atoms with van der Waals surface area (Å²) in [6, 6.07) is 22.0. The number of aromatic nitrogens is 3. The van der Waals surface area contributed by atoms with Gasteiger partial charge >= 0.3 is 0 Å². The lowest BCUT2D eigenvalue weighted by Crippen LogP contribution is -2.14. The van der Waals surface area contributed by atoms with E-state index in [1.54, 1.807) is 61.5 Å². The first-order valence-electron chi connectivity index (χ1n) is 9.75. The smallest absolute Gasteiger partial charge is 0.295 e. The normalized spacial score (nSPS) is 10.4. The molecule has 0 unspecified atom stereocenters. The third kappa shape index (κ3) is 4.79. The number of halogens is 1. The van der Waals surface area contributed by atoms with Gasteiger partial charge in [0.05, 0.1) is 17.3 Å². The highest BCUT2D eigenvalue weighted by molar-refractivity contribution is 6.01. The fraction of sp³-hybridized carbons (Fsp3) is 0.0833. The van der Waals surface area contributed by atoms with Gasteiger partial charge in [-0.2, -0.15) is 5.26 Å². The molecule has 1 amide bonds. The van der Waals surface area contributed by atoms with Gasteiger partial charge in [0, 0.05) is 11.8 Å². The van der Waals surface area contributed by atoms with Crippen molar-refractivity contribution in [3.63, 3.8) is 0 Å². The molecule has 7 nitrogen and oxygen atoms in total. The highest BCUT2D eigenvalue weighted by Gasteiger charge is 2.16. The summed E-state index contributed by atoms with van der Waals surface area (Å²) >= 11 is 0. The van der Waals surface area contributed by atoms with Crippen molar-refractivity contribution in [1.82, 2.24) is 14.8 Å². The van der Waals surface area contributed by atoms with E-state index in [4.69, 9.17) is 10.00 Å². The summed E-state index contributed by atoms with van der Waals surface area (Å²) in [5.74, 6) is 0.216. The number of ether oxygens (including phenoxy) is 1. The molecule has 4 rings (SSSR count). The van der Waals surface area contributed by atoms with E-state index in [-0.39, 0.29) is 18.2 Å². The van der Waals surface area contributed by atoms with Gasteiger partial charge in [-0.05, 0) is 61.0 Å². The van der Waals surface area contributed by atoms with Crippen LogP contribution in [0.5, 0.6) is 5.75 Å². The van der Waals surface area contributed by atoms with Crippen molar-refractivity contribution in [3.8, 4) is 17.5 Å². The van der Waals surface area contributed by atoms with E-state index >= 15 is 0 Å². The molecule has 0 saturated heterocycles. The van der Waals surface area contributed by atoms with E-state index in [9.17, 15) is 9.18 Å². The number of anilines is 1. The number of carbonyl (C=O) groups is 1. The molecule has 0 spiro atoms. The van der Waals surface area contributed by atoms with E-state index in [1.807, 2.05) is 6.07 Å². The second-order valence-electron chi connectivity index (χ2n) is 6.95. The van der Waals surface area contributed by atoms with E-state index in [0.717, 1.165) is 5.56 Å². The van der Waals surface area contributed by atoms with Crippen molar-refractivity contribution < 1.29 is 13.9 Å². The van der Waals surface area contributed by atoms with Crippen molar-refractivity contribution in [1.29, 1.82) is 5.26 Å². The summed E-state index contributed by atoms with van der Waals surface area (Å²) in [4.78, 5) is 16.9. The molecule has 0 atom stereocenters. The quantitative estimate of drug-likeness (QED) is 0.492. The molecule has 0 radical (unpaired) electrons. The molecule has 0 aliphatic carbocycles. The van der Waals surface area contributed by atoms with Gasteiger partial charge in [-0.3, -0.25) is 4.79 Å². The first-order chi connectivity index (χ1) is 15.5. The second-order valence-corrected chi connectivity index (χ2v) is 6.95. The molecule has 1 N–H and O–H groups in total. The van der Waals surface area contributed by atoms with Crippen LogP contribution < -0.4 is 10.1 Å². The van der Waals surface area contributed by atoms with E-state index in [2.05, 4.69) is 21.5 Å². The van der Waals surface area contributed by atoms with Crippen LogP contribution >= 0.6 is 0 Å². The van der Waals surface area contributed by atoms with Crippen LogP contribution in [0.15, 0.2) is 72.8 Å². The Morgan fingerprint density at radius 3 is 2.69 bits per heavy atom. The van der Waals surface area contributed by atoms with Crippen molar-refractivity contribution in [2.75, 3.05) is 5.32 Å². The van der Waals surface area contributed by atoms with Crippen LogP contribution in [-0.2, 0) is 6.61 Å². The average Bonchev–Trinajstić information content (AvgIpc) is 3.20. The molecule has 1 aromatic heterocycles. The maximum Gasteiger partial charge on any atom is 0.295 e. The molecule has 0 aliphatic rings. The van der Waals surface area contributed by atoms with Gasteiger partial charge < -0.3 is 10.1 Å². The molecule has 32 heavy (non-hydrogen) atoms. The molecule has 0 bridgehead atoms. The first kappa shape index (κ1) is 20.8. The monoisotopic (exact) mass is 427 g/mol. The number of hydrogen-bond acceptors (Lipinski definition) is 5. The molecule has 0 aliphatic heterocycles. The van der Waals surface area contributed by atoms with Crippen molar-refractivity contribution in [3.05, 3.63) is 101 Å². The summed E-state index contributed by atoms with van der Waals surface area (Å²) in [6.07, 6.45) is 0. The average molecular weight is 427 g/mol. The third-order valence-electron chi connectivity index (χ3n) is 4.60. The maximum absolute atomic E-state index is 13.2. The molecule has 158 valence electrons. The number of rotatable bonds is 6. The minimum Gasteiger partial charge on any atom is -0.489 e. The Balaban J connectivity index is 1.44. The standard InChI is InChI=1S/C24H18FN5O2/c1-16-27-23(29-30(16)21-10-8-19(25)9-11-21)24(31)28-20-6-3-7-22(13-20)32-15-18-5-2-4-17(12-18)14-26/h2-13H,15H2,1H3,(H,28,31). The number of amides is 1. The van der Waals surface area contributed by atoms with Crippen molar-refractivity contribution >= 4 is 11.6 Å². The summed E-state index contributed by atoms with van der Waals surface area (Å²) in [5, 5.41) is 16.0. The lowest BCUT2D eigenvalue weighted by molar-refractivity contribution is 0.101. The molecular formula is C24H18FN5O2.